The Kier molecular flexibility index (Phi) is 8.74. The lowest BCUT2D eigenvalue weighted by Crippen LogP contribution is -2.04. The Labute approximate surface area is 115 Å². The van der Waals surface area contributed by atoms with Gasteiger partial charge in [0, 0.05) is 18.6 Å². The average molecular weight is 262 g/mol. The molecule has 1 aromatic carbocycles. The van der Waals surface area contributed by atoms with E-state index in [0.29, 0.717) is 26.2 Å². The SMILES string of the molecule is CCCOCCOCc1ccc(C#CCCO)cc1. The summed E-state index contributed by atoms with van der Waals surface area (Å²) in [5.74, 6) is 5.89. The van der Waals surface area contributed by atoms with Crippen LogP contribution < -0.4 is 0 Å². The van der Waals surface area contributed by atoms with Crippen LogP contribution in [0.4, 0.5) is 0 Å². The molecule has 0 radical (unpaired) electrons. The van der Waals surface area contributed by atoms with Crippen LogP contribution in [0, 0.1) is 11.8 Å². The quantitative estimate of drug-likeness (QED) is 0.577. The number of aliphatic hydroxyl groups excluding tert-OH is 1. The molecule has 19 heavy (non-hydrogen) atoms. The summed E-state index contributed by atoms with van der Waals surface area (Å²) in [6.07, 6.45) is 1.56. The molecule has 0 atom stereocenters. The van der Waals surface area contributed by atoms with Gasteiger partial charge in [0.15, 0.2) is 0 Å². The van der Waals surface area contributed by atoms with Gasteiger partial charge >= 0.3 is 0 Å². The summed E-state index contributed by atoms with van der Waals surface area (Å²) in [4.78, 5) is 0. The zero-order valence-corrected chi connectivity index (χ0v) is 11.5. The van der Waals surface area contributed by atoms with Crippen LogP contribution in [0.15, 0.2) is 24.3 Å². The molecule has 1 rings (SSSR count). The summed E-state index contributed by atoms with van der Waals surface area (Å²) >= 11 is 0. The molecule has 0 aliphatic rings. The van der Waals surface area contributed by atoms with Gasteiger partial charge in [-0.2, -0.15) is 0 Å². The highest BCUT2D eigenvalue weighted by Crippen LogP contribution is 2.04. The molecule has 0 heterocycles. The summed E-state index contributed by atoms with van der Waals surface area (Å²) in [7, 11) is 0. The van der Waals surface area contributed by atoms with Gasteiger partial charge in [0.1, 0.15) is 0 Å². The number of ether oxygens (including phenoxy) is 2. The largest absolute Gasteiger partial charge is 0.395 e. The maximum atomic E-state index is 8.63. The highest BCUT2D eigenvalue weighted by atomic mass is 16.5. The normalized spacial score (nSPS) is 10.0. The third-order valence-corrected chi connectivity index (χ3v) is 2.41. The second kappa shape index (κ2) is 10.6. The average Bonchev–Trinajstić information content (AvgIpc) is 2.44. The maximum absolute atomic E-state index is 8.63. The van der Waals surface area contributed by atoms with E-state index in [4.69, 9.17) is 14.6 Å². The number of benzene rings is 1. The molecule has 104 valence electrons. The Morgan fingerprint density at radius 3 is 2.47 bits per heavy atom. The second-order valence-corrected chi connectivity index (χ2v) is 4.14. The molecule has 3 nitrogen and oxygen atoms in total. The van der Waals surface area contributed by atoms with E-state index in [2.05, 4.69) is 18.8 Å². The highest BCUT2D eigenvalue weighted by Gasteiger charge is 1.94. The standard InChI is InChI=1S/C16H22O3/c1-2-11-18-12-13-19-14-16-8-6-15(7-9-16)5-3-4-10-17/h6-9,17H,2,4,10-14H2,1H3. The highest BCUT2D eigenvalue weighted by molar-refractivity contribution is 5.35. The first-order valence-electron chi connectivity index (χ1n) is 6.71. The van der Waals surface area contributed by atoms with Crippen molar-refractivity contribution in [1.82, 2.24) is 0 Å². The molecule has 0 aliphatic heterocycles. The van der Waals surface area contributed by atoms with Crippen molar-refractivity contribution >= 4 is 0 Å². The summed E-state index contributed by atoms with van der Waals surface area (Å²) in [5.41, 5.74) is 2.09. The molecular formula is C16H22O3. The van der Waals surface area contributed by atoms with Gasteiger partial charge in [-0.15, -0.1) is 0 Å². The van der Waals surface area contributed by atoms with Crippen molar-refractivity contribution in [2.75, 3.05) is 26.4 Å². The minimum atomic E-state index is 0.110. The fourth-order valence-electron chi connectivity index (χ4n) is 1.46. The van der Waals surface area contributed by atoms with Gasteiger partial charge in [-0.05, 0) is 24.1 Å². The predicted molar refractivity (Wildman–Crippen MR) is 75.8 cm³/mol. The van der Waals surface area contributed by atoms with E-state index in [1.807, 2.05) is 24.3 Å². The molecule has 0 saturated heterocycles. The lowest BCUT2D eigenvalue weighted by molar-refractivity contribution is 0.0408. The summed E-state index contributed by atoms with van der Waals surface area (Å²) in [6.45, 7) is 4.87. The summed E-state index contributed by atoms with van der Waals surface area (Å²) in [6, 6.07) is 7.96. The van der Waals surface area contributed by atoms with Gasteiger partial charge in [-0.25, -0.2) is 0 Å². The van der Waals surface area contributed by atoms with E-state index < -0.39 is 0 Å². The molecule has 0 amide bonds. The Morgan fingerprint density at radius 2 is 1.79 bits per heavy atom. The molecule has 0 fully saturated rings. The van der Waals surface area contributed by atoms with Crippen LogP contribution >= 0.6 is 0 Å². The molecule has 0 saturated carbocycles. The van der Waals surface area contributed by atoms with Crippen molar-refractivity contribution in [3.8, 4) is 11.8 Å². The zero-order valence-electron chi connectivity index (χ0n) is 11.5. The van der Waals surface area contributed by atoms with E-state index in [9.17, 15) is 0 Å². The lowest BCUT2D eigenvalue weighted by atomic mass is 10.1. The number of rotatable bonds is 8. The predicted octanol–water partition coefficient (Wildman–Crippen LogP) is 2.36. The number of aliphatic hydroxyl groups is 1. The summed E-state index contributed by atoms with van der Waals surface area (Å²) < 4.78 is 10.8. The second-order valence-electron chi connectivity index (χ2n) is 4.14. The van der Waals surface area contributed by atoms with Crippen molar-refractivity contribution < 1.29 is 14.6 Å². The molecule has 0 spiro atoms. The molecule has 0 unspecified atom stereocenters. The van der Waals surface area contributed by atoms with Crippen LogP contribution in [0.1, 0.15) is 30.9 Å². The van der Waals surface area contributed by atoms with Crippen molar-refractivity contribution in [3.05, 3.63) is 35.4 Å². The molecule has 3 heteroatoms. The van der Waals surface area contributed by atoms with Crippen molar-refractivity contribution in [2.45, 2.75) is 26.4 Å². The van der Waals surface area contributed by atoms with Gasteiger partial charge in [-0.1, -0.05) is 30.9 Å². The van der Waals surface area contributed by atoms with Crippen LogP contribution in [-0.2, 0) is 16.1 Å². The van der Waals surface area contributed by atoms with Gasteiger partial charge in [0.05, 0.1) is 26.4 Å². The fourth-order valence-corrected chi connectivity index (χ4v) is 1.46. The number of hydrogen-bond donors (Lipinski definition) is 1. The van der Waals surface area contributed by atoms with Crippen LogP contribution in [0.2, 0.25) is 0 Å². The Morgan fingerprint density at radius 1 is 1.05 bits per heavy atom. The maximum Gasteiger partial charge on any atom is 0.0718 e. The first-order chi connectivity index (χ1) is 9.36. The Balaban J connectivity index is 2.23. The lowest BCUT2D eigenvalue weighted by Gasteiger charge is -2.05. The third kappa shape index (κ3) is 7.63. The fraction of sp³-hybridized carbons (Fsp3) is 0.500. The first kappa shape index (κ1) is 15.7. The van der Waals surface area contributed by atoms with Crippen molar-refractivity contribution in [1.29, 1.82) is 0 Å². The smallest absolute Gasteiger partial charge is 0.0718 e. The van der Waals surface area contributed by atoms with E-state index in [-0.39, 0.29) is 6.61 Å². The first-order valence-corrected chi connectivity index (χ1v) is 6.71. The minimum absolute atomic E-state index is 0.110. The van der Waals surface area contributed by atoms with Gasteiger partial charge in [-0.3, -0.25) is 0 Å². The minimum Gasteiger partial charge on any atom is -0.395 e. The van der Waals surface area contributed by atoms with E-state index in [0.717, 1.165) is 24.2 Å². The van der Waals surface area contributed by atoms with Crippen molar-refractivity contribution in [2.24, 2.45) is 0 Å². The topological polar surface area (TPSA) is 38.7 Å². The molecule has 0 aromatic heterocycles. The number of hydrogen-bond acceptors (Lipinski definition) is 3. The van der Waals surface area contributed by atoms with Crippen LogP contribution in [0.5, 0.6) is 0 Å². The van der Waals surface area contributed by atoms with E-state index in [1.165, 1.54) is 0 Å². The van der Waals surface area contributed by atoms with Crippen molar-refractivity contribution in [3.63, 3.8) is 0 Å². The van der Waals surface area contributed by atoms with Crippen LogP contribution in [-0.4, -0.2) is 31.5 Å². The van der Waals surface area contributed by atoms with Crippen LogP contribution in [0.3, 0.4) is 0 Å². The van der Waals surface area contributed by atoms with E-state index in [1.54, 1.807) is 0 Å². The van der Waals surface area contributed by atoms with Gasteiger partial charge < -0.3 is 14.6 Å². The zero-order chi connectivity index (χ0) is 13.8. The monoisotopic (exact) mass is 262 g/mol. The van der Waals surface area contributed by atoms with Gasteiger partial charge in [0.2, 0.25) is 0 Å². The third-order valence-electron chi connectivity index (χ3n) is 2.41. The Hall–Kier alpha value is -1.34. The molecule has 0 bridgehead atoms. The van der Waals surface area contributed by atoms with E-state index >= 15 is 0 Å². The van der Waals surface area contributed by atoms with Crippen LogP contribution in [0.25, 0.3) is 0 Å². The molecule has 0 aliphatic carbocycles. The summed E-state index contributed by atoms with van der Waals surface area (Å²) in [5, 5.41) is 8.63. The van der Waals surface area contributed by atoms with Gasteiger partial charge in [0.25, 0.3) is 0 Å². The molecule has 1 N–H and O–H groups in total. The molecule has 1 aromatic rings. The molecular weight excluding hydrogens is 240 g/mol. The Bertz CT molecular complexity index is 387.